The molecule has 0 atom stereocenters. The van der Waals surface area contributed by atoms with Gasteiger partial charge in [0.25, 0.3) is 0 Å². The van der Waals surface area contributed by atoms with Crippen molar-refractivity contribution in [3.05, 3.63) is 29.3 Å². The molecule has 0 radical (unpaired) electrons. The maximum Gasteiger partial charge on any atom is 0.210 e. The van der Waals surface area contributed by atoms with Gasteiger partial charge in [-0.3, -0.25) is 10.4 Å². The Kier molecular flexibility index (Phi) is 5.49. The summed E-state index contributed by atoms with van der Waals surface area (Å²) in [5.74, 6) is 6.07. The van der Waals surface area contributed by atoms with Crippen molar-refractivity contribution in [2.45, 2.75) is 33.6 Å². The Labute approximate surface area is 103 Å². The fraction of sp³-hybridized carbons (Fsp3) is 0.462. The van der Waals surface area contributed by atoms with E-state index in [1.807, 2.05) is 12.1 Å². The Bertz CT molecular complexity index is 385. The van der Waals surface area contributed by atoms with E-state index in [1.54, 1.807) is 0 Å². The molecule has 0 fully saturated rings. The van der Waals surface area contributed by atoms with Crippen LogP contribution in [0, 0.1) is 13.8 Å². The van der Waals surface area contributed by atoms with Gasteiger partial charge in [0.1, 0.15) is 0 Å². The van der Waals surface area contributed by atoms with Crippen molar-refractivity contribution >= 4 is 11.6 Å². The second-order valence-corrected chi connectivity index (χ2v) is 4.10. The smallest absolute Gasteiger partial charge is 0.210 e. The van der Waals surface area contributed by atoms with E-state index in [-0.39, 0.29) is 0 Å². The van der Waals surface area contributed by atoms with Gasteiger partial charge in [0.2, 0.25) is 5.96 Å². The molecule has 17 heavy (non-hydrogen) atoms. The van der Waals surface area contributed by atoms with Crippen LogP contribution < -0.4 is 16.6 Å². The minimum Gasteiger partial charge on any atom is -0.325 e. The highest BCUT2D eigenvalue weighted by atomic mass is 15.3. The zero-order valence-corrected chi connectivity index (χ0v) is 10.9. The van der Waals surface area contributed by atoms with Crippen molar-refractivity contribution in [1.29, 1.82) is 0 Å². The zero-order chi connectivity index (χ0) is 12.7. The van der Waals surface area contributed by atoms with Crippen molar-refractivity contribution in [2.75, 3.05) is 11.9 Å². The number of benzene rings is 1. The number of aryl methyl sites for hydroxylation is 1. The Morgan fingerprint density at radius 2 is 2.12 bits per heavy atom. The molecule has 4 nitrogen and oxygen atoms in total. The van der Waals surface area contributed by atoms with Gasteiger partial charge in [0.05, 0.1) is 0 Å². The molecule has 0 saturated carbocycles. The highest BCUT2D eigenvalue weighted by molar-refractivity contribution is 5.94. The number of nitrogens with two attached hydrogens (primary N) is 1. The molecular formula is C13H22N4. The number of hydrazine groups is 1. The maximum absolute atomic E-state index is 5.45. The van der Waals surface area contributed by atoms with E-state index in [4.69, 9.17) is 5.84 Å². The third-order valence-electron chi connectivity index (χ3n) is 2.78. The van der Waals surface area contributed by atoms with E-state index < -0.39 is 0 Å². The molecule has 0 saturated heterocycles. The summed E-state index contributed by atoms with van der Waals surface area (Å²) in [6.45, 7) is 7.10. The third kappa shape index (κ3) is 4.07. The number of rotatable bonds is 4. The molecule has 0 spiro atoms. The van der Waals surface area contributed by atoms with Crippen molar-refractivity contribution in [2.24, 2.45) is 10.8 Å². The quantitative estimate of drug-likeness (QED) is 0.246. The number of aliphatic imine (C=N–C) groups is 1. The van der Waals surface area contributed by atoms with Crippen LogP contribution in [-0.4, -0.2) is 12.5 Å². The number of hydrogen-bond donors (Lipinski definition) is 3. The second kappa shape index (κ2) is 6.91. The molecule has 0 aromatic heterocycles. The largest absolute Gasteiger partial charge is 0.325 e. The highest BCUT2D eigenvalue weighted by Crippen LogP contribution is 2.17. The average molecular weight is 234 g/mol. The number of anilines is 1. The Morgan fingerprint density at radius 3 is 2.76 bits per heavy atom. The monoisotopic (exact) mass is 234 g/mol. The number of hydrogen-bond acceptors (Lipinski definition) is 2. The SMILES string of the molecule is CCCCN=C(NN)Nc1cccc(C)c1C. The molecule has 0 heterocycles. The Balaban J connectivity index is 2.73. The van der Waals surface area contributed by atoms with Crippen molar-refractivity contribution in [1.82, 2.24) is 5.43 Å². The van der Waals surface area contributed by atoms with Gasteiger partial charge in [-0.15, -0.1) is 0 Å². The van der Waals surface area contributed by atoms with Gasteiger partial charge in [0.15, 0.2) is 0 Å². The molecule has 0 aliphatic heterocycles. The normalized spacial score (nSPS) is 11.4. The standard InChI is InChI=1S/C13H22N4/c1-4-5-9-15-13(17-14)16-12-8-6-7-10(2)11(12)3/h6-8H,4-5,9,14H2,1-3H3,(H2,15,16,17). The predicted octanol–water partition coefficient (Wildman–Crippen LogP) is 2.33. The first-order valence-electron chi connectivity index (χ1n) is 6.03. The molecule has 0 aliphatic rings. The van der Waals surface area contributed by atoms with Crippen LogP contribution in [0.25, 0.3) is 0 Å². The van der Waals surface area contributed by atoms with Gasteiger partial charge in [-0.2, -0.15) is 0 Å². The first-order chi connectivity index (χ1) is 8.19. The number of nitrogens with zero attached hydrogens (tertiary/aromatic N) is 1. The molecular weight excluding hydrogens is 212 g/mol. The molecule has 0 aliphatic carbocycles. The van der Waals surface area contributed by atoms with Gasteiger partial charge in [0, 0.05) is 12.2 Å². The second-order valence-electron chi connectivity index (χ2n) is 4.10. The molecule has 0 bridgehead atoms. The first-order valence-corrected chi connectivity index (χ1v) is 6.03. The van der Waals surface area contributed by atoms with Crippen LogP contribution in [-0.2, 0) is 0 Å². The van der Waals surface area contributed by atoms with Gasteiger partial charge in [-0.05, 0) is 37.5 Å². The van der Waals surface area contributed by atoms with Gasteiger partial charge in [-0.1, -0.05) is 25.5 Å². The van der Waals surface area contributed by atoms with Crippen LogP contribution in [0.1, 0.15) is 30.9 Å². The molecule has 94 valence electrons. The lowest BCUT2D eigenvalue weighted by molar-refractivity contribution is 0.801. The van der Waals surface area contributed by atoms with Gasteiger partial charge < -0.3 is 5.32 Å². The van der Waals surface area contributed by atoms with Crippen LogP contribution in [0.2, 0.25) is 0 Å². The fourth-order valence-corrected chi connectivity index (χ4v) is 1.48. The first kappa shape index (κ1) is 13.5. The Morgan fingerprint density at radius 1 is 1.35 bits per heavy atom. The summed E-state index contributed by atoms with van der Waals surface area (Å²) in [6.07, 6.45) is 2.20. The van der Waals surface area contributed by atoms with Gasteiger partial charge in [-0.25, -0.2) is 5.84 Å². The fourth-order valence-electron chi connectivity index (χ4n) is 1.48. The van der Waals surface area contributed by atoms with E-state index in [2.05, 4.69) is 42.6 Å². The lowest BCUT2D eigenvalue weighted by Crippen LogP contribution is -2.36. The molecule has 4 N–H and O–H groups in total. The summed E-state index contributed by atoms with van der Waals surface area (Å²) in [7, 11) is 0. The lowest BCUT2D eigenvalue weighted by atomic mass is 10.1. The minimum atomic E-state index is 0.618. The lowest BCUT2D eigenvalue weighted by Gasteiger charge is -2.12. The van der Waals surface area contributed by atoms with Crippen molar-refractivity contribution in [3.63, 3.8) is 0 Å². The molecule has 1 aromatic rings. The molecule has 0 amide bonds. The molecule has 1 rings (SSSR count). The summed E-state index contributed by atoms with van der Waals surface area (Å²) in [5, 5.41) is 3.21. The van der Waals surface area contributed by atoms with E-state index >= 15 is 0 Å². The van der Waals surface area contributed by atoms with Gasteiger partial charge >= 0.3 is 0 Å². The maximum atomic E-state index is 5.45. The molecule has 0 unspecified atom stereocenters. The summed E-state index contributed by atoms with van der Waals surface area (Å²) in [4.78, 5) is 4.37. The van der Waals surface area contributed by atoms with Crippen LogP contribution in [0.15, 0.2) is 23.2 Å². The van der Waals surface area contributed by atoms with Crippen LogP contribution >= 0.6 is 0 Å². The molecule has 4 heteroatoms. The van der Waals surface area contributed by atoms with E-state index in [1.165, 1.54) is 11.1 Å². The summed E-state index contributed by atoms with van der Waals surface area (Å²) < 4.78 is 0. The van der Waals surface area contributed by atoms with E-state index in [0.29, 0.717) is 5.96 Å². The zero-order valence-electron chi connectivity index (χ0n) is 10.9. The van der Waals surface area contributed by atoms with E-state index in [0.717, 1.165) is 25.1 Å². The number of nitrogens with one attached hydrogen (secondary N) is 2. The van der Waals surface area contributed by atoms with Crippen LogP contribution in [0.3, 0.4) is 0 Å². The third-order valence-corrected chi connectivity index (χ3v) is 2.78. The summed E-state index contributed by atoms with van der Waals surface area (Å²) in [6, 6.07) is 6.13. The topological polar surface area (TPSA) is 62.4 Å². The highest BCUT2D eigenvalue weighted by Gasteiger charge is 2.02. The van der Waals surface area contributed by atoms with Crippen molar-refractivity contribution in [3.8, 4) is 0 Å². The summed E-state index contributed by atoms with van der Waals surface area (Å²) in [5.41, 5.74) is 6.10. The number of guanidine groups is 1. The predicted molar refractivity (Wildman–Crippen MR) is 74.1 cm³/mol. The number of unbranched alkanes of at least 4 members (excludes halogenated alkanes) is 1. The average Bonchev–Trinajstić information content (AvgIpc) is 2.33. The Hall–Kier alpha value is -1.55. The molecule has 1 aromatic carbocycles. The van der Waals surface area contributed by atoms with E-state index in [9.17, 15) is 0 Å². The van der Waals surface area contributed by atoms with Crippen LogP contribution in [0.5, 0.6) is 0 Å². The van der Waals surface area contributed by atoms with Crippen molar-refractivity contribution < 1.29 is 0 Å². The van der Waals surface area contributed by atoms with Crippen LogP contribution in [0.4, 0.5) is 5.69 Å². The minimum absolute atomic E-state index is 0.618. The summed E-state index contributed by atoms with van der Waals surface area (Å²) >= 11 is 0.